The third-order valence-corrected chi connectivity index (χ3v) is 4.96. The topological polar surface area (TPSA) is 60.1 Å². The van der Waals surface area contributed by atoms with Crippen LogP contribution < -0.4 is 0 Å². The summed E-state index contributed by atoms with van der Waals surface area (Å²) in [4.78, 5) is 6.53. The molecule has 126 valence electrons. The van der Waals surface area contributed by atoms with Crippen LogP contribution in [0, 0.1) is 11.3 Å². The third kappa shape index (κ3) is 4.91. The number of thiazole rings is 1. The number of allylic oxidation sites excluding steroid dienone is 1. The Kier molecular flexibility index (Phi) is 6.98. The second-order valence-corrected chi connectivity index (χ2v) is 7.34. The molecular formula is C18H20BrN3OS. The van der Waals surface area contributed by atoms with Gasteiger partial charge in [0.15, 0.2) is 0 Å². The van der Waals surface area contributed by atoms with E-state index in [9.17, 15) is 10.4 Å². The second kappa shape index (κ2) is 8.97. The van der Waals surface area contributed by atoms with E-state index in [1.165, 1.54) is 11.3 Å². The van der Waals surface area contributed by atoms with Gasteiger partial charge in [-0.25, -0.2) is 4.98 Å². The summed E-state index contributed by atoms with van der Waals surface area (Å²) in [5, 5.41) is 22.2. The predicted molar refractivity (Wildman–Crippen MR) is 103 cm³/mol. The number of hydrogen-bond donors (Lipinski definition) is 1. The number of likely N-dealkylation sites (N-methyl/N-ethyl adjacent to an activating group) is 1. The lowest BCUT2D eigenvalue weighted by molar-refractivity contribution is 0.288. The maximum atomic E-state index is 10.3. The molecule has 24 heavy (non-hydrogen) atoms. The fraction of sp³-hybridized carbons (Fsp3) is 0.333. The normalized spacial score (nSPS) is 12.1. The zero-order valence-corrected chi connectivity index (χ0v) is 16.2. The van der Waals surface area contributed by atoms with Crippen LogP contribution in [0.25, 0.3) is 16.8 Å². The Morgan fingerprint density at radius 1 is 1.38 bits per heavy atom. The lowest BCUT2D eigenvalue weighted by Gasteiger charge is -2.15. The molecule has 0 aliphatic rings. The number of aromatic nitrogens is 1. The van der Waals surface area contributed by atoms with E-state index in [0.29, 0.717) is 11.6 Å². The van der Waals surface area contributed by atoms with Crippen LogP contribution in [-0.4, -0.2) is 35.1 Å². The highest BCUT2D eigenvalue weighted by Gasteiger charge is 2.15. The van der Waals surface area contributed by atoms with Crippen LogP contribution in [-0.2, 0) is 0 Å². The molecular weight excluding hydrogens is 386 g/mol. The fourth-order valence-corrected chi connectivity index (χ4v) is 3.33. The van der Waals surface area contributed by atoms with Crippen molar-refractivity contribution in [1.82, 2.24) is 9.88 Å². The molecule has 6 heteroatoms. The van der Waals surface area contributed by atoms with Crippen LogP contribution in [0.2, 0.25) is 0 Å². The van der Waals surface area contributed by atoms with Gasteiger partial charge in [-0.05, 0) is 32.1 Å². The molecule has 2 aromatic rings. The molecule has 0 amide bonds. The zero-order valence-electron chi connectivity index (χ0n) is 13.8. The number of aliphatic hydroxyl groups is 1. The van der Waals surface area contributed by atoms with Crippen LogP contribution in [0.5, 0.6) is 0 Å². The Balaban J connectivity index is 2.20. The Labute approximate surface area is 155 Å². The molecule has 1 N–H and O–H groups in total. The van der Waals surface area contributed by atoms with Gasteiger partial charge in [-0.2, -0.15) is 5.26 Å². The van der Waals surface area contributed by atoms with E-state index in [1.807, 2.05) is 41.6 Å². The summed E-state index contributed by atoms with van der Waals surface area (Å²) >= 11 is 4.78. The Morgan fingerprint density at radius 3 is 2.71 bits per heavy atom. The molecule has 1 heterocycles. The smallest absolute Gasteiger partial charge is 0.138 e. The quantitative estimate of drug-likeness (QED) is 0.514. The van der Waals surface area contributed by atoms with Gasteiger partial charge in [0.25, 0.3) is 0 Å². The van der Waals surface area contributed by atoms with Crippen LogP contribution in [0.1, 0.15) is 24.8 Å². The molecule has 0 radical (unpaired) electrons. The summed E-state index contributed by atoms with van der Waals surface area (Å²) in [5.74, 6) is 0.0767. The number of benzene rings is 1. The SMILES string of the molecule is CCCCN(C)C/C(O)=C(\C#N)c1nc(-c2ccc(Br)cc2)cs1. The van der Waals surface area contributed by atoms with E-state index in [0.717, 1.165) is 35.1 Å². The van der Waals surface area contributed by atoms with Gasteiger partial charge in [0.1, 0.15) is 22.4 Å². The molecule has 0 saturated carbocycles. The molecule has 0 spiro atoms. The maximum Gasteiger partial charge on any atom is 0.138 e. The van der Waals surface area contributed by atoms with Gasteiger partial charge in [0.05, 0.1) is 12.2 Å². The van der Waals surface area contributed by atoms with Gasteiger partial charge >= 0.3 is 0 Å². The lowest BCUT2D eigenvalue weighted by Crippen LogP contribution is -2.22. The summed E-state index contributed by atoms with van der Waals surface area (Å²) in [7, 11) is 1.94. The number of unbranched alkanes of at least 4 members (excludes halogenated alkanes) is 1. The van der Waals surface area contributed by atoms with Crippen molar-refractivity contribution in [3.05, 3.63) is 44.9 Å². The monoisotopic (exact) mass is 405 g/mol. The first-order valence-corrected chi connectivity index (χ1v) is 9.45. The van der Waals surface area contributed by atoms with E-state index in [4.69, 9.17) is 0 Å². The number of nitrogens with zero attached hydrogens (tertiary/aromatic N) is 3. The molecule has 0 aliphatic carbocycles. The van der Waals surface area contributed by atoms with E-state index in [2.05, 4.69) is 33.9 Å². The average Bonchev–Trinajstić information content (AvgIpc) is 3.04. The summed E-state index contributed by atoms with van der Waals surface area (Å²) < 4.78 is 1.01. The summed E-state index contributed by atoms with van der Waals surface area (Å²) in [6.45, 7) is 3.38. The first kappa shape index (κ1) is 18.7. The molecule has 0 bridgehead atoms. The number of halogens is 1. The molecule has 1 aromatic heterocycles. The second-order valence-electron chi connectivity index (χ2n) is 5.57. The number of aliphatic hydroxyl groups excluding tert-OH is 1. The molecule has 2 rings (SSSR count). The van der Waals surface area contributed by atoms with Gasteiger partial charge in [-0.3, -0.25) is 4.90 Å². The number of rotatable bonds is 7. The minimum atomic E-state index is 0.0767. The van der Waals surface area contributed by atoms with Crippen molar-refractivity contribution in [2.45, 2.75) is 19.8 Å². The minimum absolute atomic E-state index is 0.0767. The van der Waals surface area contributed by atoms with Crippen molar-refractivity contribution in [3.63, 3.8) is 0 Å². The van der Waals surface area contributed by atoms with Gasteiger partial charge in [0.2, 0.25) is 0 Å². The summed E-state index contributed by atoms with van der Waals surface area (Å²) in [6.07, 6.45) is 2.17. The zero-order chi connectivity index (χ0) is 17.5. The number of nitriles is 1. The molecule has 0 fully saturated rings. The average molecular weight is 406 g/mol. The number of hydrogen-bond acceptors (Lipinski definition) is 5. The van der Waals surface area contributed by atoms with Crippen LogP contribution >= 0.6 is 27.3 Å². The van der Waals surface area contributed by atoms with Gasteiger partial charge in [-0.15, -0.1) is 11.3 Å². The van der Waals surface area contributed by atoms with Crippen molar-refractivity contribution in [1.29, 1.82) is 5.26 Å². The molecule has 0 atom stereocenters. The molecule has 1 aromatic carbocycles. The molecule has 0 saturated heterocycles. The first-order chi connectivity index (χ1) is 11.5. The van der Waals surface area contributed by atoms with E-state index in [-0.39, 0.29) is 11.3 Å². The van der Waals surface area contributed by atoms with Crippen LogP contribution in [0.4, 0.5) is 0 Å². The van der Waals surface area contributed by atoms with Gasteiger partial charge in [-0.1, -0.05) is 41.4 Å². The molecule has 0 aliphatic heterocycles. The highest BCUT2D eigenvalue weighted by Crippen LogP contribution is 2.28. The van der Waals surface area contributed by atoms with E-state index >= 15 is 0 Å². The summed E-state index contributed by atoms with van der Waals surface area (Å²) in [5.41, 5.74) is 2.05. The lowest BCUT2D eigenvalue weighted by atomic mass is 10.2. The van der Waals surface area contributed by atoms with Gasteiger partial charge < -0.3 is 5.11 Å². The Bertz CT molecular complexity index is 746. The van der Waals surface area contributed by atoms with Gasteiger partial charge in [0, 0.05) is 15.4 Å². The van der Waals surface area contributed by atoms with Crippen molar-refractivity contribution in [2.75, 3.05) is 20.1 Å². The molecule has 0 unspecified atom stereocenters. The van der Waals surface area contributed by atoms with Crippen LogP contribution in [0.3, 0.4) is 0 Å². The van der Waals surface area contributed by atoms with Crippen molar-refractivity contribution in [3.8, 4) is 17.3 Å². The minimum Gasteiger partial charge on any atom is -0.509 e. The maximum absolute atomic E-state index is 10.3. The van der Waals surface area contributed by atoms with Crippen molar-refractivity contribution >= 4 is 32.8 Å². The first-order valence-electron chi connectivity index (χ1n) is 7.77. The van der Waals surface area contributed by atoms with Crippen molar-refractivity contribution in [2.24, 2.45) is 0 Å². The Morgan fingerprint density at radius 2 is 2.08 bits per heavy atom. The standard InChI is InChI=1S/C18H20BrN3OS/c1-3-4-9-22(2)11-17(23)15(10-20)18-21-16(12-24-18)13-5-7-14(19)8-6-13/h5-8,12,23H,3-4,9,11H2,1-2H3/b17-15-. The van der Waals surface area contributed by atoms with E-state index in [1.54, 1.807) is 0 Å². The predicted octanol–water partition coefficient (Wildman–Crippen LogP) is 5.10. The molecule has 4 nitrogen and oxygen atoms in total. The fourth-order valence-electron chi connectivity index (χ4n) is 2.22. The highest BCUT2D eigenvalue weighted by atomic mass is 79.9. The third-order valence-electron chi connectivity index (χ3n) is 3.57. The highest BCUT2D eigenvalue weighted by molar-refractivity contribution is 9.10. The van der Waals surface area contributed by atoms with Crippen molar-refractivity contribution < 1.29 is 5.11 Å². The summed E-state index contributed by atoms with van der Waals surface area (Å²) in [6, 6.07) is 9.94. The van der Waals surface area contributed by atoms with Crippen LogP contribution in [0.15, 0.2) is 39.9 Å². The largest absolute Gasteiger partial charge is 0.509 e. The Hall–Kier alpha value is -1.68. The van der Waals surface area contributed by atoms with E-state index < -0.39 is 0 Å².